The number of nitrogens with one attached hydrogen (secondary N) is 1. The summed E-state index contributed by atoms with van der Waals surface area (Å²) in [4.78, 5) is 12.9. The number of hydrogen-bond acceptors (Lipinski definition) is 1. The van der Waals surface area contributed by atoms with Crippen LogP contribution in [0, 0.1) is 0 Å². The summed E-state index contributed by atoms with van der Waals surface area (Å²) in [5.74, 6) is 0.0576. The Morgan fingerprint density at radius 3 is 2.46 bits per heavy atom. The molecule has 0 aromatic heterocycles. The Balaban J connectivity index is 1.61. The Morgan fingerprint density at radius 2 is 1.71 bits per heavy atom. The van der Waals surface area contributed by atoms with E-state index in [-0.39, 0.29) is 17.2 Å². The number of fused-ring (bicyclic) bond motifs is 2. The highest BCUT2D eigenvalue weighted by molar-refractivity contribution is 6.30. The van der Waals surface area contributed by atoms with Crippen LogP contribution >= 0.6 is 11.6 Å². The predicted octanol–water partition coefficient (Wildman–Crippen LogP) is 5.67. The van der Waals surface area contributed by atoms with Crippen molar-refractivity contribution in [2.45, 2.75) is 49.9 Å². The average molecular weight is 340 g/mol. The van der Waals surface area contributed by atoms with E-state index < -0.39 is 0 Å². The first-order chi connectivity index (χ1) is 11.7. The second-order valence-corrected chi connectivity index (χ2v) is 7.62. The number of benzene rings is 2. The fourth-order valence-corrected chi connectivity index (χ4v) is 4.72. The number of rotatable bonds is 2. The molecular weight excluding hydrogens is 318 g/mol. The predicted molar refractivity (Wildman–Crippen MR) is 98.6 cm³/mol. The molecule has 2 nitrogen and oxygen atoms in total. The molecule has 1 saturated carbocycles. The summed E-state index contributed by atoms with van der Waals surface area (Å²) in [6.45, 7) is 0. The molecule has 2 aliphatic rings. The van der Waals surface area contributed by atoms with E-state index in [0.717, 1.165) is 12.1 Å². The fourth-order valence-electron chi connectivity index (χ4n) is 4.59. The molecule has 4 rings (SSSR count). The number of carbonyl (C=O) groups is 1. The third-order valence-corrected chi connectivity index (χ3v) is 5.99. The molecule has 0 aliphatic heterocycles. The lowest BCUT2D eigenvalue weighted by Crippen LogP contribution is -2.28. The molecule has 1 N–H and O–H groups in total. The maximum Gasteiger partial charge on any atom is 0.231 e. The number of amides is 1. The van der Waals surface area contributed by atoms with Crippen molar-refractivity contribution >= 4 is 23.2 Å². The molecule has 2 aromatic rings. The highest BCUT2D eigenvalue weighted by Crippen LogP contribution is 2.53. The summed E-state index contributed by atoms with van der Waals surface area (Å²) in [7, 11) is 0. The minimum absolute atomic E-state index is 0.0463. The largest absolute Gasteiger partial charge is 0.326 e. The van der Waals surface area contributed by atoms with E-state index in [1.54, 1.807) is 0 Å². The van der Waals surface area contributed by atoms with Crippen LogP contribution in [0.15, 0.2) is 48.5 Å². The Morgan fingerprint density at radius 1 is 1.00 bits per heavy atom. The van der Waals surface area contributed by atoms with Crippen LogP contribution in [0.25, 0.3) is 0 Å². The van der Waals surface area contributed by atoms with Gasteiger partial charge in [0.05, 0.1) is 5.92 Å². The van der Waals surface area contributed by atoms with E-state index in [1.807, 2.05) is 24.3 Å². The van der Waals surface area contributed by atoms with Crippen LogP contribution < -0.4 is 5.32 Å². The van der Waals surface area contributed by atoms with Gasteiger partial charge in [-0.25, -0.2) is 0 Å². The Hall–Kier alpha value is -1.80. The number of hydrogen-bond donors (Lipinski definition) is 1. The Kier molecular flexibility index (Phi) is 4.09. The van der Waals surface area contributed by atoms with E-state index in [9.17, 15) is 4.79 Å². The summed E-state index contributed by atoms with van der Waals surface area (Å²) >= 11 is 5.93. The first-order valence-electron chi connectivity index (χ1n) is 8.84. The van der Waals surface area contributed by atoms with Gasteiger partial charge in [0.1, 0.15) is 0 Å². The van der Waals surface area contributed by atoms with Crippen LogP contribution in [-0.2, 0) is 10.2 Å². The van der Waals surface area contributed by atoms with Gasteiger partial charge >= 0.3 is 0 Å². The van der Waals surface area contributed by atoms with Crippen LogP contribution in [0.3, 0.4) is 0 Å². The summed E-state index contributed by atoms with van der Waals surface area (Å²) < 4.78 is 0. The van der Waals surface area contributed by atoms with Gasteiger partial charge in [-0.15, -0.1) is 0 Å². The van der Waals surface area contributed by atoms with Crippen LogP contribution in [0.4, 0.5) is 5.69 Å². The molecule has 1 amide bonds. The SMILES string of the molecule is O=C(Nc1ccc(Cl)cc1)C1CC2(CCCCC2)c2ccccc21. The summed E-state index contributed by atoms with van der Waals surface area (Å²) in [6.07, 6.45) is 7.26. The van der Waals surface area contributed by atoms with Gasteiger partial charge in [-0.3, -0.25) is 4.79 Å². The lowest BCUT2D eigenvalue weighted by Gasteiger charge is -2.34. The number of anilines is 1. The van der Waals surface area contributed by atoms with Gasteiger partial charge in [0.25, 0.3) is 0 Å². The molecule has 0 radical (unpaired) electrons. The first kappa shape index (κ1) is 15.7. The molecule has 2 aliphatic carbocycles. The van der Waals surface area contributed by atoms with Gasteiger partial charge in [-0.1, -0.05) is 55.1 Å². The van der Waals surface area contributed by atoms with Gasteiger partial charge in [-0.2, -0.15) is 0 Å². The second kappa shape index (κ2) is 6.25. The lowest BCUT2D eigenvalue weighted by molar-refractivity contribution is -0.117. The maximum atomic E-state index is 12.9. The minimum atomic E-state index is -0.0463. The van der Waals surface area contributed by atoms with Gasteiger partial charge in [0.2, 0.25) is 5.91 Å². The average Bonchev–Trinajstić information content (AvgIpc) is 2.92. The van der Waals surface area contributed by atoms with Crippen molar-refractivity contribution in [1.29, 1.82) is 0 Å². The smallest absolute Gasteiger partial charge is 0.231 e. The zero-order valence-corrected chi connectivity index (χ0v) is 14.5. The molecule has 1 spiro atoms. The highest BCUT2D eigenvalue weighted by atomic mass is 35.5. The van der Waals surface area contributed by atoms with E-state index in [4.69, 9.17) is 11.6 Å². The van der Waals surface area contributed by atoms with Crippen LogP contribution in [0.2, 0.25) is 5.02 Å². The second-order valence-electron chi connectivity index (χ2n) is 7.18. The number of halogens is 1. The first-order valence-corrected chi connectivity index (χ1v) is 9.22. The van der Waals surface area contributed by atoms with Gasteiger partial charge in [0.15, 0.2) is 0 Å². The molecule has 124 valence electrons. The standard InChI is InChI=1S/C21H22ClNO/c22-15-8-10-16(11-9-15)23-20(24)18-14-21(12-4-1-5-13-21)19-7-3-2-6-17(18)19/h2-3,6-11,18H,1,4-5,12-14H2,(H,23,24). The van der Waals surface area contributed by atoms with Crippen molar-refractivity contribution in [3.63, 3.8) is 0 Å². The van der Waals surface area contributed by atoms with E-state index in [0.29, 0.717) is 5.02 Å². The molecule has 2 aromatic carbocycles. The summed E-state index contributed by atoms with van der Waals surface area (Å²) in [6, 6.07) is 15.9. The van der Waals surface area contributed by atoms with Crippen molar-refractivity contribution < 1.29 is 4.79 Å². The van der Waals surface area contributed by atoms with Crippen LogP contribution in [0.5, 0.6) is 0 Å². The molecule has 0 heterocycles. The molecule has 1 fully saturated rings. The maximum absolute atomic E-state index is 12.9. The normalized spacial score (nSPS) is 21.5. The molecule has 0 bridgehead atoms. The van der Waals surface area contributed by atoms with Crippen molar-refractivity contribution in [2.75, 3.05) is 5.32 Å². The highest BCUT2D eigenvalue weighted by Gasteiger charge is 2.46. The summed E-state index contributed by atoms with van der Waals surface area (Å²) in [5, 5.41) is 3.76. The van der Waals surface area contributed by atoms with Crippen LogP contribution in [-0.4, -0.2) is 5.91 Å². The van der Waals surface area contributed by atoms with E-state index in [2.05, 4.69) is 29.6 Å². The number of carbonyl (C=O) groups excluding carboxylic acids is 1. The topological polar surface area (TPSA) is 29.1 Å². The van der Waals surface area contributed by atoms with Crippen LogP contribution in [0.1, 0.15) is 55.6 Å². The molecular formula is C21H22ClNO. The van der Waals surface area contributed by atoms with Gasteiger partial charge in [-0.05, 0) is 60.1 Å². The van der Waals surface area contributed by atoms with Crippen molar-refractivity contribution in [3.8, 4) is 0 Å². The Bertz CT molecular complexity index is 747. The fraction of sp³-hybridized carbons (Fsp3) is 0.381. The molecule has 3 heteroatoms. The van der Waals surface area contributed by atoms with Gasteiger partial charge in [0, 0.05) is 10.7 Å². The quantitative estimate of drug-likeness (QED) is 0.750. The third-order valence-electron chi connectivity index (χ3n) is 5.74. The lowest BCUT2D eigenvalue weighted by atomic mass is 9.70. The van der Waals surface area contributed by atoms with E-state index >= 15 is 0 Å². The zero-order valence-electron chi connectivity index (χ0n) is 13.7. The van der Waals surface area contributed by atoms with E-state index in [1.165, 1.54) is 43.2 Å². The monoisotopic (exact) mass is 339 g/mol. The molecule has 1 atom stereocenters. The zero-order chi connectivity index (χ0) is 16.6. The minimum Gasteiger partial charge on any atom is -0.326 e. The molecule has 0 saturated heterocycles. The van der Waals surface area contributed by atoms with Crippen molar-refractivity contribution in [1.82, 2.24) is 0 Å². The van der Waals surface area contributed by atoms with Gasteiger partial charge < -0.3 is 5.32 Å². The summed E-state index contributed by atoms with van der Waals surface area (Å²) in [5.41, 5.74) is 3.68. The third kappa shape index (κ3) is 2.73. The Labute approximate surface area is 148 Å². The van der Waals surface area contributed by atoms with Crippen molar-refractivity contribution in [3.05, 3.63) is 64.7 Å². The molecule has 1 unspecified atom stereocenters. The molecule has 24 heavy (non-hydrogen) atoms. The van der Waals surface area contributed by atoms with Crippen molar-refractivity contribution in [2.24, 2.45) is 0 Å².